The zero-order valence-electron chi connectivity index (χ0n) is 20.2. The van der Waals surface area contributed by atoms with Crippen LogP contribution in [0.2, 0.25) is 0 Å². The van der Waals surface area contributed by atoms with Gasteiger partial charge in [-0.25, -0.2) is 4.39 Å². The van der Waals surface area contributed by atoms with E-state index in [1.54, 1.807) is 30.7 Å². The number of halogens is 1. The smallest absolute Gasteiger partial charge is 0.303 e. The number of carboxylic acids is 1. The lowest BCUT2D eigenvalue weighted by molar-refractivity contribution is -0.139. The first-order valence-corrected chi connectivity index (χ1v) is 12.9. The Bertz CT molecular complexity index is 1230. The van der Waals surface area contributed by atoms with E-state index in [9.17, 15) is 9.90 Å². The highest BCUT2D eigenvalue weighted by atomic mass is 32.1. The van der Waals surface area contributed by atoms with Crippen molar-refractivity contribution < 1.29 is 19.0 Å². The Morgan fingerprint density at radius 3 is 2.94 bits per heavy atom. The molecule has 5 nitrogen and oxygen atoms in total. The maximum absolute atomic E-state index is 15.4. The second-order valence-electron chi connectivity index (χ2n) is 9.20. The molecule has 1 saturated heterocycles. The van der Waals surface area contributed by atoms with Crippen molar-refractivity contribution >= 4 is 28.2 Å². The molecule has 4 rings (SSSR count). The Hall–Kier alpha value is -2.95. The van der Waals surface area contributed by atoms with Gasteiger partial charge in [0.25, 0.3) is 0 Å². The van der Waals surface area contributed by atoms with Gasteiger partial charge < -0.3 is 9.84 Å². The monoisotopic (exact) mass is 494 g/mol. The summed E-state index contributed by atoms with van der Waals surface area (Å²) in [6.45, 7) is 4.21. The number of benzene rings is 1. The fourth-order valence-corrected chi connectivity index (χ4v) is 5.72. The number of carboxylic acid groups (broad SMARTS) is 1. The van der Waals surface area contributed by atoms with Gasteiger partial charge in [0.2, 0.25) is 0 Å². The molecule has 35 heavy (non-hydrogen) atoms. The summed E-state index contributed by atoms with van der Waals surface area (Å²) in [5.74, 6) is 6.52. The average Bonchev–Trinajstić information content (AvgIpc) is 3.26. The van der Waals surface area contributed by atoms with E-state index in [1.807, 2.05) is 23.6 Å². The first-order chi connectivity index (χ1) is 16.9. The molecule has 0 unspecified atom stereocenters. The molecule has 184 valence electrons. The van der Waals surface area contributed by atoms with Crippen LogP contribution in [0.25, 0.3) is 10.9 Å². The van der Waals surface area contributed by atoms with Gasteiger partial charge in [0.1, 0.15) is 11.9 Å². The minimum Gasteiger partial charge on any atom is -0.497 e. The third-order valence-corrected chi connectivity index (χ3v) is 7.82. The number of aromatic nitrogens is 1. The highest BCUT2D eigenvalue weighted by molar-refractivity contribution is 7.10. The molecule has 7 heteroatoms. The Morgan fingerprint density at radius 2 is 2.20 bits per heavy atom. The van der Waals surface area contributed by atoms with E-state index < -0.39 is 12.1 Å². The van der Waals surface area contributed by atoms with Crippen LogP contribution in [-0.2, 0) is 4.79 Å². The first-order valence-electron chi connectivity index (χ1n) is 12.0. The predicted molar refractivity (Wildman–Crippen MR) is 138 cm³/mol. The predicted octanol–water partition coefficient (Wildman–Crippen LogP) is 5.87. The number of methoxy groups -OCH3 is 1. The molecular formula is C28H31FN2O3S. The number of fused-ring (bicyclic) bond motifs is 1. The number of hydrogen-bond acceptors (Lipinski definition) is 5. The molecule has 0 aliphatic carbocycles. The average molecular weight is 495 g/mol. The van der Waals surface area contributed by atoms with Crippen molar-refractivity contribution in [3.8, 4) is 17.6 Å². The normalized spacial score (nSPS) is 19.2. The van der Waals surface area contributed by atoms with Crippen molar-refractivity contribution in [3.63, 3.8) is 0 Å². The molecule has 1 aliphatic heterocycles. The fourth-order valence-electron chi connectivity index (χ4n) is 4.93. The summed E-state index contributed by atoms with van der Waals surface area (Å²) in [5.41, 5.74) is 2.54. The second kappa shape index (κ2) is 11.7. The quantitative estimate of drug-likeness (QED) is 0.397. The summed E-state index contributed by atoms with van der Waals surface area (Å²) in [6.07, 6.45) is 2.47. The minimum absolute atomic E-state index is 0.00648. The Balaban J connectivity index is 1.39. The van der Waals surface area contributed by atoms with E-state index in [2.05, 4.69) is 34.7 Å². The van der Waals surface area contributed by atoms with Crippen molar-refractivity contribution in [3.05, 3.63) is 57.9 Å². The third-order valence-electron chi connectivity index (χ3n) is 6.89. The number of rotatable bonds is 8. The first kappa shape index (κ1) is 25.2. The molecular weight excluding hydrogens is 463 g/mol. The van der Waals surface area contributed by atoms with Gasteiger partial charge >= 0.3 is 5.97 Å². The van der Waals surface area contributed by atoms with Crippen molar-refractivity contribution in [2.75, 3.05) is 26.7 Å². The molecule has 3 aromatic rings. The Morgan fingerprint density at radius 1 is 1.34 bits per heavy atom. The number of hydrogen-bond donors (Lipinski definition) is 1. The van der Waals surface area contributed by atoms with E-state index in [0.29, 0.717) is 37.2 Å². The fraction of sp³-hybridized carbons (Fsp3) is 0.429. The van der Waals surface area contributed by atoms with Crippen LogP contribution < -0.4 is 4.74 Å². The van der Waals surface area contributed by atoms with Crippen LogP contribution in [0.3, 0.4) is 0 Å². The maximum Gasteiger partial charge on any atom is 0.303 e. The summed E-state index contributed by atoms with van der Waals surface area (Å²) < 4.78 is 20.8. The topological polar surface area (TPSA) is 62.7 Å². The summed E-state index contributed by atoms with van der Waals surface area (Å²) >= 11 is 1.64. The van der Waals surface area contributed by atoms with Gasteiger partial charge in [-0.1, -0.05) is 11.8 Å². The van der Waals surface area contributed by atoms with E-state index in [1.165, 1.54) is 5.56 Å². The van der Waals surface area contributed by atoms with Gasteiger partial charge in [0.05, 0.1) is 24.0 Å². The zero-order valence-corrected chi connectivity index (χ0v) is 21.0. The highest BCUT2D eigenvalue weighted by Gasteiger charge is 2.31. The zero-order chi connectivity index (χ0) is 24.8. The number of aryl methyl sites for hydroxylation is 1. The lowest BCUT2D eigenvalue weighted by Gasteiger charge is -2.37. The molecule has 1 aliphatic rings. The maximum atomic E-state index is 15.4. The molecule has 0 spiro atoms. The lowest BCUT2D eigenvalue weighted by Crippen LogP contribution is -2.41. The van der Waals surface area contributed by atoms with E-state index in [4.69, 9.17) is 4.74 Å². The second-order valence-corrected chi connectivity index (χ2v) is 10.1. The van der Waals surface area contributed by atoms with Gasteiger partial charge in [-0.05, 0) is 91.4 Å². The summed E-state index contributed by atoms with van der Waals surface area (Å²) in [5, 5.41) is 12.3. The number of pyridine rings is 1. The molecule has 1 N–H and O–H groups in total. The highest BCUT2D eigenvalue weighted by Crippen LogP contribution is 2.36. The summed E-state index contributed by atoms with van der Waals surface area (Å²) in [7, 11) is 1.59. The van der Waals surface area contributed by atoms with Crippen LogP contribution in [0.1, 0.15) is 47.9 Å². The Labute approximate surface area is 209 Å². The van der Waals surface area contributed by atoms with Crippen LogP contribution in [-0.4, -0.2) is 47.7 Å². The van der Waals surface area contributed by atoms with Crippen molar-refractivity contribution in [1.82, 2.24) is 9.88 Å². The van der Waals surface area contributed by atoms with Gasteiger partial charge in [0, 0.05) is 24.5 Å². The van der Waals surface area contributed by atoms with Crippen molar-refractivity contribution in [2.24, 2.45) is 11.8 Å². The van der Waals surface area contributed by atoms with Gasteiger partial charge in [-0.15, -0.1) is 11.3 Å². The van der Waals surface area contributed by atoms with Crippen molar-refractivity contribution in [2.45, 2.75) is 38.8 Å². The number of ether oxygens (including phenoxy) is 1. The minimum atomic E-state index is -1.14. The number of thiophene rings is 1. The van der Waals surface area contributed by atoms with Crippen LogP contribution >= 0.6 is 11.3 Å². The van der Waals surface area contributed by atoms with Crippen LogP contribution in [0, 0.1) is 30.6 Å². The molecule has 2 aromatic heterocycles. The van der Waals surface area contributed by atoms with Gasteiger partial charge in [-0.2, -0.15) is 0 Å². The van der Waals surface area contributed by atoms with E-state index >= 15 is 4.39 Å². The third kappa shape index (κ3) is 6.39. The van der Waals surface area contributed by atoms with Gasteiger partial charge in [-0.3, -0.25) is 14.7 Å². The van der Waals surface area contributed by atoms with Crippen LogP contribution in [0.15, 0.2) is 41.9 Å². The number of alkyl halides is 1. The van der Waals surface area contributed by atoms with Crippen LogP contribution in [0.4, 0.5) is 4.39 Å². The van der Waals surface area contributed by atoms with Crippen LogP contribution in [0.5, 0.6) is 5.75 Å². The Kier molecular flexibility index (Phi) is 8.37. The number of piperidine rings is 1. The van der Waals surface area contributed by atoms with Gasteiger partial charge in [0.15, 0.2) is 0 Å². The summed E-state index contributed by atoms with van der Waals surface area (Å²) in [6, 6.07) is 9.28. The molecule has 3 atom stereocenters. The standard InChI is InChI=1S/C28H31FN2O3S/c1-19-11-15-35-27(19)4-3-13-31-14-10-20(21(18-31)16-28(32)33)5-7-25(29)23-9-12-30-26-8-6-22(34-2)17-24(23)26/h6,8-9,11-12,15,17,20-21,25H,5,7,10,13-14,16,18H2,1-2H3,(H,32,33)/t20-,21+,25+/m1/s1. The molecule has 3 heterocycles. The van der Waals surface area contributed by atoms with E-state index in [-0.39, 0.29) is 18.3 Å². The molecule has 0 radical (unpaired) electrons. The number of aliphatic carboxylic acids is 1. The molecule has 0 amide bonds. The van der Waals surface area contributed by atoms with Crippen molar-refractivity contribution in [1.29, 1.82) is 0 Å². The lowest BCUT2D eigenvalue weighted by atomic mass is 9.79. The molecule has 1 aromatic carbocycles. The largest absolute Gasteiger partial charge is 0.497 e. The molecule has 0 saturated carbocycles. The summed E-state index contributed by atoms with van der Waals surface area (Å²) in [4.78, 5) is 19.2. The number of nitrogens with zero attached hydrogens (tertiary/aromatic N) is 2. The molecule has 0 bridgehead atoms. The van der Waals surface area contributed by atoms with E-state index in [0.717, 1.165) is 28.7 Å². The number of carbonyl (C=O) groups is 1. The molecule has 1 fully saturated rings. The SMILES string of the molecule is COc1ccc2nccc([C@@H](F)CC[C@@H]3CCN(CC#Cc4sccc4C)C[C@@H]3CC(=O)O)c2c1. The number of likely N-dealkylation sites (tertiary alicyclic amines) is 1.